The molecule has 1 aromatic rings. The van der Waals surface area contributed by atoms with Crippen LogP contribution in [-0.4, -0.2) is 31.7 Å². The van der Waals surface area contributed by atoms with Crippen LogP contribution in [0.25, 0.3) is 0 Å². The molecule has 0 aromatic heterocycles. The smallest absolute Gasteiger partial charge is 0.289 e. The van der Waals surface area contributed by atoms with Crippen molar-refractivity contribution in [3.05, 3.63) is 33.3 Å². The number of halogens is 1. The molecule has 9 heteroatoms. The van der Waals surface area contributed by atoms with Gasteiger partial charge in [-0.2, -0.15) is 0 Å². The maximum atomic E-state index is 11.8. The van der Waals surface area contributed by atoms with Crippen molar-refractivity contribution < 1.29 is 13.3 Å². The van der Waals surface area contributed by atoms with Gasteiger partial charge < -0.3 is 5.32 Å². The van der Waals surface area contributed by atoms with Crippen LogP contribution in [0.4, 0.5) is 11.4 Å². The average molecular weight is 322 g/mol. The van der Waals surface area contributed by atoms with Crippen LogP contribution in [0.3, 0.4) is 0 Å². The summed E-state index contributed by atoms with van der Waals surface area (Å²) in [6, 6.07) is 3.93. The first-order valence-corrected chi connectivity index (χ1v) is 7.92. The summed E-state index contributed by atoms with van der Waals surface area (Å²) in [5.41, 5.74) is -0.224. The topological polar surface area (TPSA) is 101 Å². The van der Waals surface area contributed by atoms with E-state index in [1.807, 2.05) is 13.8 Å². The Hall–Kier alpha value is -1.38. The number of nitro groups is 1. The fourth-order valence-corrected chi connectivity index (χ4v) is 2.59. The molecular formula is C11H16ClN3O4S. The minimum Gasteiger partial charge on any atom is -0.313 e. The molecule has 0 unspecified atom stereocenters. The van der Waals surface area contributed by atoms with Crippen molar-refractivity contribution in [3.8, 4) is 0 Å². The predicted octanol–water partition coefficient (Wildman–Crippen LogP) is 1.99. The van der Waals surface area contributed by atoms with E-state index in [2.05, 4.69) is 10.0 Å². The third kappa shape index (κ3) is 5.32. The molecule has 0 fully saturated rings. The number of nitrogens with zero attached hydrogens (tertiary/aromatic N) is 1. The van der Waals surface area contributed by atoms with Crippen LogP contribution in [0.5, 0.6) is 0 Å². The third-order valence-electron chi connectivity index (χ3n) is 2.34. The van der Waals surface area contributed by atoms with Gasteiger partial charge in [0.2, 0.25) is 10.0 Å². The van der Waals surface area contributed by atoms with E-state index < -0.39 is 14.9 Å². The van der Waals surface area contributed by atoms with Crippen molar-refractivity contribution in [2.75, 3.05) is 17.0 Å². The van der Waals surface area contributed by atoms with Gasteiger partial charge in [0.15, 0.2) is 0 Å². The Balaban J connectivity index is 2.77. The summed E-state index contributed by atoms with van der Waals surface area (Å²) in [5, 5.41) is 13.7. The van der Waals surface area contributed by atoms with Gasteiger partial charge in [-0.3, -0.25) is 14.8 Å². The van der Waals surface area contributed by atoms with Crippen LogP contribution in [0.2, 0.25) is 5.02 Å². The van der Waals surface area contributed by atoms with Gasteiger partial charge in [0, 0.05) is 18.7 Å². The van der Waals surface area contributed by atoms with Crippen LogP contribution in [0.15, 0.2) is 18.2 Å². The minimum atomic E-state index is -3.56. The standard InChI is InChI=1S/C11H16ClN3O4S/c1-8(2)13-5-6-20(18,19)14-9-3-4-10(12)11(7-9)15(16)17/h3-4,7-8,13-14H,5-6H2,1-2H3. The number of nitrogens with one attached hydrogen (secondary N) is 2. The van der Waals surface area contributed by atoms with Crippen molar-refractivity contribution in [3.63, 3.8) is 0 Å². The van der Waals surface area contributed by atoms with Crippen LogP contribution in [0.1, 0.15) is 13.8 Å². The molecule has 0 saturated carbocycles. The highest BCUT2D eigenvalue weighted by molar-refractivity contribution is 7.92. The molecule has 2 N–H and O–H groups in total. The maximum Gasteiger partial charge on any atom is 0.289 e. The summed E-state index contributed by atoms with van der Waals surface area (Å²) in [5.74, 6) is -0.123. The maximum absolute atomic E-state index is 11.8. The van der Waals surface area contributed by atoms with E-state index in [0.29, 0.717) is 6.54 Å². The molecule has 20 heavy (non-hydrogen) atoms. The number of hydrogen-bond acceptors (Lipinski definition) is 5. The Morgan fingerprint density at radius 3 is 2.60 bits per heavy atom. The van der Waals surface area contributed by atoms with Crippen molar-refractivity contribution in [2.24, 2.45) is 0 Å². The molecule has 112 valence electrons. The van der Waals surface area contributed by atoms with E-state index in [-0.39, 0.29) is 28.2 Å². The zero-order chi connectivity index (χ0) is 15.3. The van der Waals surface area contributed by atoms with Crippen molar-refractivity contribution in [2.45, 2.75) is 19.9 Å². The second-order valence-corrected chi connectivity index (χ2v) is 6.70. The third-order valence-corrected chi connectivity index (χ3v) is 3.95. The Bertz CT molecular complexity index is 589. The number of sulfonamides is 1. The first-order chi connectivity index (χ1) is 9.21. The fraction of sp³-hybridized carbons (Fsp3) is 0.455. The Labute approximate surface area is 122 Å². The molecular weight excluding hydrogens is 306 g/mol. The highest BCUT2D eigenvalue weighted by atomic mass is 35.5. The van der Waals surface area contributed by atoms with E-state index in [1.165, 1.54) is 12.1 Å². The number of nitro benzene ring substituents is 1. The van der Waals surface area contributed by atoms with E-state index in [1.54, 1.807) is 0 Å². The van der Waals surface area contributed by atoms with Gasteiger partial charge >= 0.3 is 0 Å². The molecule has 0 saturated heterocycles. The van der Waals surface area contributed by atoms with Gasteiger partial charge in [0.25, 0.3) is 5.69 Å². The molecule has 0 aliphatic carbocycles. The van der Waals surface area contributed by atoms with Gasteiger partial charge in [-0.05, 0) is 12.1 Å². The number of hydrogen-bond donors (Lipinski definition) is 2. The van der Waals surface area contributed by atoms with Gasteiger partial charge in [0.05, 0.1) is 16.4 Å². The quantitative estimate of drug-likeness (QED) is 0.590. The average Bonchev–Trinajstić information content (AvgIpc) is 2.30. The molecule has 0 heterocycles. The minimum absolute atomic E-state index is 0.0422. The zero-order valence-electron chi connectivity index (χ0n) is 11.1. The summed E-state index contributed by atoms with van der Waals surface area (Å²) in [7, 11) is -3.56. The second kappa shape index (κ2) is 6.87. The summed E-state index contributed by atoms with van der Waals surface area (Å²) >= 11 is 5.65. The largest absolute Gasteiger partial charge is 0.313 e. The molecule has 0 atom stereocenters. The van der Waals surface area contributed by atoms with Crippen LogP contribution >= 0.6 is 11.6 Å². The van der Waals surface area contributed by atoms with E-state index in [4.69, 9.17) is 11.6 Å². The van der Waals surface area contributed by atoms with Gasteiger partial charge in [-0.25, -0.2) is 8.42 Å². The summed E-state index contributed by atoms with van der Waals surface area (Å²) in [6.07, 6.45) is 0. The molecule has 1 aromatic carbocycles. The number of rotatable bonds is 7. The van der Waals surface area contributed by atoms with Crippen LogP contribution in [-0.2, 0) is 10.0 Å². The second-order valence-electron chi connectivity index (χ2n) is 4.45. The normalized spacial score (nSPS) is 11.6. The molecule has 1 rings (SSSR count). The Morgan fingerprint density at radius 1 is 1.40 bits per heavy atom. The molecule has 0 bridgehead atoms. The van der Waals surface area contributed by atoms with Gasteiger partial charge in [-0.15, -0.1) is 0 Å². The van der Waals surface area contributed by atoms with E-state index in [0.717, 1.165) is 6.07 Å². The highest BCUT2D eigenvalue weighted by Gasteiger charge is 2.16. The summed E-state index contributed by atoms with van der Waals surface area (Å²) in [6.45, 7) is 4.11. The zero-order valence-corrected chi connectivity index (χ0v) is 12.7. The number of benzene rings is 1. The molecule has 0 spiro atoms. The first-order valence-electron chi connectivity index (χ1n) is 5.89. The summed E-state index contributed by atoms with van der Waals surface area (Å²) < 4.78 is 25.9. The molecule has 0 amide bonds. The van der Waals surface area contributed by atoms with Crippen molar-refractivity contribution >= 4 is 33.0 Å². The first kappa shape index (κ1) is 16.7. The van der Waals surface area contributed by atoms with Gasteiger partial charge in [0.1, 0.15) is 5.02 Å². The lowest BCUT2D eigenvalue weighted by Crippen LogP contribution is -2.30. The Morgan fingerprint density at radius 2 is 2.05 bits per heavy atom. The molecule has 0 aliphatic heterocycles. The lowest BCUT2D eigenvalue weighted by atomic mass is 10.3. The number of anilines is 1. The molecule has 7 nitrogen and oxygen atoms in total. The highest BCUT2D eigenvalue weighted by Crippen LogP contribution is 2.27. The molecule has 0 aliphatic rings. The van der Waals surface area contributed by atoms with Crippen molar-refractivity contribution in [1.82, 2.24) is 5.32 Å². The van der Waals surface area contributed by atoms with Crippen molar-refractivity contribution in [1.29, 1.82) is 0 Å². The fourth-order valence-electron chi connectivity index (χ4n) is 1.43. The Kier molecular flexibility index (Phi) is 5.73. The van der Waals surface area contributed by atoms with Crippen LogP contribution < -0.4 is 10.0 Å². The SMILES string of the molecule is CC(C)NCCS(=O)(=O)Nc1ccc(Cl)c([N+](=O)[O-])c1. The predicted molar refractivity (Wildman–Crippen MR) is 78.7 cm³/mol. The van der Waals surface area contributed by atoms with E-state index >= 15 is 0 Å². The lowest BCUT2D eigenvalue weighted by molar-refractivity contribution is -0.384. The van der Waals surface area contributed by atoms with Crippen LogP contribution in [0, 0.1) is 10.1 Å². The van der Waals surface area contributed by atoms with E-state index in [9.17, 15) is 18.5 Å². The molecule has 0 radical (unpaired) electrons. The lowest BCUT2D eigenvalue weighted by Gasteiger charge is -2.10. The monoisotopic (exact) mass is 321 g/mol. The van der Waals surface area contributed by atoms with Gasteiger partial charge in [-0.1, -0.05) is 25.4 Å². The summed E-state index contributed by atoms with van der Waals surface area (Å²) in [4.78, 5) is 10.1.